The largest absolute Gasteiger partial charge is 0.373 e. The quantitative estimate of drug-likeness (QED) is 0.877. The number of anilines is 1. The molecule has 0 saturated carbocycles. The first-order chi connectivity index (χ1) is 13.6. The highest BCUT2D eigenvalue weighted by Crippen LogP contribution is 2.30. The Bertz CT molecular complexity index is 823. The zero-order valence-corrected chi connectivity index (χ0v) is 16.7. The lowest BCUT2D eigenvalue weighted by Crippen LogP contribution is -2.37. The molecule has 7 heteroatoms. The summed E-state index contributed by atoms with van der Waals surface area (Å²) in [7, 11) is 1.90. The Morgan fingerprint density at radius 3 is 2.96 bits per heavy atom. The summed E-state index contributed by atoms with van der Waals surface area (Å²) < 4.78 is 0. The zero-order chi connectivity index (χ0) is 19.5. The molecule has 0 aromatic carbocycles. The Labute approximate surface area is 166 Å². The predicted octanol–water partition coefficient (Wildman–Crippen LogP) is 2.20. The fourth-order valence-electron chi connectivity index (χ4n) is 4.25. The standard InChI is InChI=1S/C21H28N6O/c1-15(28)27-10-7-19-18(14-27)21(22-2)25-20(24-19)17-6-4-9-26(13-17)12-16-5-3-8-23-11-16/h3,5,8,11,17H,4,6-7,9-10,12-14H2,1-2H3,(H,22,24,25). The molecule has 2 aliphatic heterocycles. The molecule has 4 heterocycles. The Kier molecular flexibility index (Phi) is 5.52. The van der Waals surface area contributed by atoms with E-state index in [0.717, 1.165) is 68.3 Å². The van der Waals surface area contributed by atoms with Crippen LogP contribution in [-0.4, -0.2) is 57.3 Å². The highest BCUT2D eigenvalue weighted by molar-refractivity contribution is 5.74. The third-order valence-electron chi connectivity index (χ3n) is 5.76. The maximum absolute atomic E-state index is 11.8. The van der Waals surface area contributed by atoms with E-state index in [2.05, 4.69) is 21.3 Å². The molecule has 1 N–H and O–H groups in total. The minimum absolute atomic E-state index is 0.107. The van der Waals surface area contributed by atoms with Crippen molar-refractivity contribution in [3.63, 3.8) is 0 Å². The van der Waals surface area contributed by atoms with Gasteiger partial charge in [0.15, 0.2) is 0 Å². The molecule has 0 aliphatic carbocycles. The normalized spacial score (nSPS) is 19.9. The number of hydrogen-bond acceptors (Lipinski definition) is 6. The van der Waals surface area contributed by atoms with Crippen LogP contribution in [0.3, 0.4) is 0 Å². The second-order valence-electron chi connectivity index (χ2n) is 7.73. The molecular weight excluding hydrogens is 352 g/mol. The second-order valence-corrected chi connectivity index (χ2v) is 7.73. The highest BCUT2D eigenvalue weighted by Gasteiger charge is 2.28. The van der Waals surface area contributed by atoms with Crippen LogP contribution in [0.1, 0.15) is 48.3 Å². The lowest BCUT2D eigenvalue weighted by molar-refractivity contribution is -0.129. The van der Waals surface area contributed by atoms with Gasteiger partial charge < -0.3 is 10.2 Å². The van der Waals surface area contributed by atoms with Crippen LogP contribution < -0.4 is 5.32 Å². The molecular formula is C21H28N6O. The van der Waals surface area contributed by atoms with Crippen LogP contribution in [0.4, 0.5) is 5.82 Å². The van der Waals surface area contributed by atoms with Crippen LogP contribution in [0.5, 0.6) is 0 Å². The minimum atomic E-state index is 0.107. The number of rotatable bonds is 4. The van der Waals surface area contributed by atoms with Crippen LogP contribution in [0.2, 0.25) is 0 Å². The van der Waals surface area contributed by atoms with Crippen LogP contribution >= 0.6 is 0 Å². The number of likely N-dealkylation sites (tertiary alicyclic amines) is 1. The Hall–Kier alpha value is -2.54. The van der Waals surface area contributed by atoms with Crippen LogP contribution in [0.15, 0.2) is 24.5 Å². The van der Waals surface area contributed by atoms with E-state index < -0.39 is 0 Å². The number of carbonyl (C=O) groups is 1. The van der Waals surface area contributed by atoms with Crippen molar-refractivity contribution in [3.05, 3.63) is 47.2 Å². The predicted molar refractivity (Wildman–Crippen MR) is 108 cm³/mol. The van der Waals surface area contributed by atoms with Gasteiger partial charge in [0, 0.05) is 63.9 Å². The number of aromatic nitrogens is 3. The van der Waals surface area contributed by atoms with Gasteiger partial charge in [-0.2, -0.15) is 0 Å². The summed E-state index contributed by atoms with van der Waals surface area (Å²) in [5, 5.41) is 3.23. The number of pyridine rings is 1. The van der Waals surface area contributed by atoms with Gasteiger partial charge in [-0.15, -0.1) is 0 Å². The van der Waals surface area contributed by atoms with Crippen molar-refractivity contribution in [1.82, 2.24) is 24.8 Å². The van der Waals surface area contributed by atoms with Crippen molar-refractivity contribution < 1.29 is 4.79 Å². The summed E-state index contributed by atoms with van der Waals surface area (Å²) in [5.41, 5.74) is 3.40. The number of amides is 1. The summed E-state index contributed by atoms with van der Waals surface area (Å²) in [6, 6.07) is 4.12. The molecule has 1 amide bonds. The number of nitrogens with one attached hydrogen (secondary N) is 1. The van der Waals surface area contributed by atoms with Crippen LogP contribution in [0.25, 0.3) is 0 Å². The maximum atomic E-state index is 11.8. The average Bonchev–Trinajstić information content (AvgIpc) is 2.73. The Balaban J connectivity index is 1.53. The third kappa shape index (κ3) is 3.99. The Morgan fingerprint density at radius 1 is 1.32 bits per heavy atom. The number of hydrogen-bond donors (Lipinski definition) is 1. The molecule has 0 radical (unpaired) electrons. The molecule has 7 nitrogen and oxygen atoms in total. The molecule has 1 unspecified atom stereocenters. The molecule has 1 fully saturated rings. The van der Waals surface area contributed by atoms with E-state index in [1.807, 2.05) is 30.4 Å². The van der Waals surface area contributed by atoms with Gasteiger partial charge in [0.25, 0.3) is 0 Å². The van der Waals surface area contributed by atoms with E-state index >= 15 is 0 Å². The molecule has 2 aromatic heterocycles. The van der Waals surface area contributed by atoms with Gasteiger partial charge in [-0.05, 0) is 31.0 Å². The van der Waals surface area contributed by atoms with E-state index in [-0.39, 0.29) is 5.91 Å². The molecule has 1 saturated heterocycles. The molecule has 4 rings (SSSR count). The fraction of sp³-hybridized carbons (Fsp3) is 0.524. The smallest absolute Gasteiger partial charge is 0.219 e. The van der Waals surface area contributed by atoms with Gasteiger partial charge in [-0.1, -0.05) is 6.07 Å². The SMILES string of the molecule is CNc1nc(C2CCCN(Cc3cccnc3)C2)nc2c1CN(C(C)=O)CC2. The van der Waals surface area contributed by atoms with E-state index in [9.17, 15) is 4.79 Å². The monoisotopic (exact) mass is 380 g/mol. The van der Waals surface area contributed by atoms with Gasteiger partial charge in [0.05, 0.1) is 12.2 Å². The zero-order valence-electron chi connectivity index (χ0n) is 16.7. The summed E-state index contributed by atoms with van der Waals surface area (Å²) in [6.07, 6.45) is 6.82. The first-order valence-corrected chi connectivity index (χ1v) is 10.1. The van der Waals surface area contributed by atoms with E-state index in [1.54, 1.807) is 6.92 Å². The van der Waals surface area contributed by atoms with Crippen molar-refractivity contribution in [2.24, 2.45) is 0 Å². The number of fused-ring (bicyclic) bond motifs is 1. The number of piperidine rings is 1. The van der Waals surface area contributed by atoms with E-state index in [0.29, 0.717) is 12.5 Å². The molecule has 1 atom stereocenters. The molecule has 2 aromatic rings. The Morgan fingerprint density at radius 2 is 2.21 bits per heavy atom. The van der Waals surface area contributed by atoms with Gasteiger partial charge >= 0.3 is 0 Å². The van der Waals surface area contributed by atoms with E-state index in [4.69, 9.17) is 9.97 Å². The lowest BCUT2D eigenvalue weighted by atomic mass is 9.96. The van der Waals surface area contributed by atoms with Gasteiger partial charge in [0.1, 0.15) is 11.6 Å². The second kappa shape index (κ2) is 8.22. The third-order valence-corrected chi connectivity index (χ3v) is 5.76. The van der Waals surface area contributed by atoms with Crippen LogP contribution in [0, 0.1) is 0 Å². The van der Waals surface area contributed by atoms with Gasteiger partial charge in [-0.3, -0.25) is 14.7 Å². The number of nitrogens with zero attached hydrogens (tertiary/aromatic N) is 5. The van der Waals surface area contributed by atoms with Crippen molar-refractivity contribution in [1.29, 1.82) is 0 Å². The summed E-state index contributed by atoms with van der Waals surface area (Å²) >= 11 is 0. The highest BCUT2D eigenvalue weighted by atomic mass is 16.2. The van der Waals surface area contributed by atoms with Crippen molar-refractivity contribution in [2.75, 3.05) is 32.0 Å². The molecule has 2 aliphatic rings. The van der Waals surface area contributed by atoms with Crippen molar-refractivity contribution >= 4 is 11.7 Å². The van der Waals surface area contributed by atoms with E-state index in [1.165, 1.54) is 5.56 Å². The van der Waals surface area contributed by atoms with Gasteiger partial charge in [0.2, 0.25) is 5.91 Å². The fourth-order valence-corrected chi connectivity index (χ4v) is 4.25. The van der Waals surface area contributed by atoms with Gasteiger partial charge in [-0.25, -0.2) is 9.97 Å². The van der Waals surface area contributed by atoms with Crippen molar-refractivity contribution in [3.8, 4) is 0 Å². The average molecular weight is 380 g/mol. The molecule has 28 heavy (non-hydrogen) atoms. The summed E-state index contributed by atoms with van der Waals surface area (Å²) in [4.78, 5) is 30.1. The molecule has 0 bridgehead atoms. The number of carbonyl (C=O) groups excluding carboxylic acids is 1. The molecule has 148 valence electrons. The molecule has 0 spiro atoms. The summed E-state index contributed by atoms with van der Waals surface area (Å²) in [5.74, 6) is 2.26. The first kappa shape index (κ1) is 18.8. The van der Waals surface area contributed by atoms with Crippen molar-refractivity contribution in [2.45, 2.75) is 45.2 Å². The topological polar surface area (TPSA) is 74.2 Å². The minimum Gasteiger partial charge on any atom is -0.373 e. The lowest BCUT2D eigenvalue weighted by Gasteiger charge is -2.33. The summed E-state index contributed by atoms with van der Waals surface area (Å²) in [6.45, 7) is 5.94. The first-order valence-electron chi connectivity index (χ1n) is 10.1. The van der Waals surface area contributed by atoms with Crippen LogP contribution in [-0.2, 0) is 24.3 Å². The maximum Gasteiger partial charge on any atom is 0.219 e.